The van der Waals surface area contributed by atoms with Crippen LogP contribution in [0.1, 0.15) is 22.6 Å². The van der Waals surface area contributed by atoms with Crippen LogP contribution in [0.25, 0.3) is 0 Å². The second-order valence-electron chi connectivity index (χ2n) is 7.11. The van der Waals surface area contributed by atoms with Crippen LogP contribution in [-0.4, -0.2) is 28.2 Å². The molecule has 0 aliphatic heterocycles. The fraction of sp³-hybridized carbons (Fsp3) is 0.217. The molecule has 3 aromatic rings. The summed E-state index contributed by atoms with van der Waals surface area (Å²) in [5.41, 5.74) is 5.84. The van der Waals surface area contributed by atoms with E-state index in [9.17, 15) is 0 Å². The first-order valence-corrected chi connectivity index (χ1v) is 9.61. The van der Waals surface area contributed by atoms with Crippen LogP contribution < -0.4 is 9.80 Å². The molecule has 4 heteroatoms. The van der Waals surface area contributed by atoms with Crippen LogP contribution in [-0.2, 0) is 0 Å². The molecule has 0 aliphatic rings. The molecule has 0 atom stereocenters. The smallest absolute Gasteiger partial charge is 0.0423 e. The van der Waals surface area contributed by atoms with E-state index in [2.05, 4.69) is 58.3 Å². The van der Waals surface area contributed by atoms with Crippen molar-refractivity contribution in [1.82, 2.24) is 0 Å². The van der Waals surface area contributed by atoms with E-state index in [1.54, 1.807) is 6.07 Å². The average Bonchev–Trinajstić information content (AvgIpc) is 2.62. The Hall–Kier alpha value is -2.16. The molecule has 0 aromatic heterocycles. The summed E-state index contributed by atoms with van der Waals surface area (Å²) in [5, 5.41) is 1.30. The van der Waals surface area contributed by atoms with E-state index in [0.29, 0.717) is 10.0 Å². The highest BCUT2D eigenvalue weighted by Crippen LogP contribution is 2.36. The van der Waals surface area contributed by atoms with Gasteiger partial charge in [-0.25, -0.2) is 0 Å². The van der Waals surface area contributed by atoms with Gasteiger partial charge in [0.15, 0.2) is 0 Å². The SMILES string of the molecule is CN(C)c1ccc(C(c2ccc(N(C)C)cc2)c2cc(Cl)cc(Cl)c2)cc1. The molecule has 27 heavy (non-hydrogen) atoms. The molecule has 0 bridgehead atoms. The Balaban J connectivity index is 2.10. The molecule has 0 amide bonds. The summed E-state index contributed by atoms with van der Waals surface area (Å²) in [5.74, 6) is 0.0635. The third-order valence-electron chi connectivity index (χ3n) is 4.70. The zero-order valence-electron chi connectivity index (χ0n) is 16.1. The molecule has 0 spiro atoms. The van der Waals surface area contributed by atoms with Gasteiger partial charge in [0.05, 0.1) is 0 Å². The first kappa shape index (κ1) is 19.6. The molecule has 3 aromatic carbocycles. The maximum Gasteiger partial charge on any atom is 0.0423 e. The second kappa shape index (κ2) is 8.24. The monoisotopic (exact) mass is 398 g/mol. The van der Waals surface area contributed by atoms with Crippen LogP contribution in [0, 0.1) is 0 Å². The topological polar surface area (TPSA) is 6.48 Å². The zero-order chi connectivity index (χ0) is 19.6. The fourth-order valence-electron chi connectivity index (χ4n) is 3.25. The van der Waals surface area contributed by atoms with Crippen LogP contribution in [0.15, 0.2) is 66.7 Å². The van der Waals surface area contributed by atoms with E-state index in [4.69, 9.17) is 23.2 Å². The van der Waals surface area contributed by atoms with E-state index >= 15 is 0 Å². The molecular formula is C23H24Cl2N2. The lowest BCUT2D eigenvalue weighted by atomic mass is 9.85. The molecule has 0 unspecified atom stereocenters. The van der Waals surface area contributed by atoms with Gasteiger partial charge in [0, 0.05) is 55.5 Å². The van der Waals surface area contributed by atoms with Crippen molar-refractivity contribution in [3.8, 4) is 0 Å². The Morgan fingerprint density at radius 2 is 0.926 bits per heavy atom. The second-order valence-corrected chi connectivity index (χ2v) is 7.98. The third-order valence-corrected chi connectivity index (χ3v) is 5.14. The van der Waals surface area contributed by atoms with Crippen molar-refractivity contribution in [1.29, 1.82) is 0 Å². The summed E-state index contributed by atoms with van der Waals surface area (Å²) in [6, 6.07) is 23.0. The van der Waals surface area contributed by atoms with Crippen molar-refractivity contribution >= 4 is 34.6 Å². The van der Waals surface area contributed by atoms with E-state index in [1.165, 1.54) is 22.5 Å². The van der Waals surface area contributed by atoms with Gasteiger partial charge in [-0.3, -0.25) is 0 Å². The molecule has 0 fully saturated rings. The highest BCUT2D eigenvalue weighted by Gasteiger charge is 2.18. The van der Waals surface area contributed by atoms with Gasteiger partial charge in [-0.15, -0.1) is 0 Å². The third kappa shape index (κ3) is 4.58. The van der Waals surface area contributed by atoms with E-state index in [0.717, 1.165) is 5.56 Å². The molecule has 0 saturated heterocycles. The summed E-state index contributed by atoms with van der Waals surface area (Å²) < 4.78 is 0. The number of hydrogen-bond donors (Lipinski definition) is 0. The lowest BCUT2D eigenvalue weighted by Crippen LogP contribution is -2.10. The van der Waals surface area contributed by atoms with E-state index < -0.39 is 0 Å². The van der Waals surface area contributed by atoms with Gasteiger partial charge in [-0.05, 0) is 59.2 Å². The number of halogens is 2. The normalized spacial score (nSPS) is 10.9. The zero-order valence-corrected chi connectivity index (χ0v) is 17.6. The van der Waals surface area contributed by atoms with Gasteiger partial charge in [-0.2, -0.15) is 0 Å². The Morgan fingerprint density at radius 1 is 0.556 bits per heavy atom. The number of nitrogens with zero attached hydrogens (tertiary/aromatic N) is 2. The van der Waals surface area contributed by atoms with Crippen molar-refractivity contribution in [2.45, 2.75) is 5.92 Å². The first-order valence-electron chi connectivity index (χ1n) is 8.85. The summed E-state index contributed by atoms with van der Waals surface area (Å²) in [6.07, 6.45) is 0. The quantitative estimate of drug-likeness (QED) is 0.464. The van der Waals surface area contributed by atoms with Gasteiger partial charge >= 0.3 is 0 Å². The van der Waals surface area contributed by atoms with Gasteiger partial charge in [0.2, 0.25) is 0 Å². The number of rotatable bonds is 5. The molecule has 0 saturated carbocycles. The largest absolute Gasteiger partial charge is 0.378 e. The fourth-order valence-corrected chi connectivity index (χ4v) is 3.79. The lowest BCUT2D eigenvalue weighted by Gasteiger charge is -2.22. The van der Waals surface area contributed by atoms with Gasteiger partial charge in [0.25, 0.3) is 0 Å². The summed E-state index contributed by atoms with van der Waals surface area (Å²) in [6.45, 7) is 0. The van der Waals surface area contributed by atoms with Crippen molar-refractivity contribution in [2.75, 3.05) is 38.0 Å². The van der Waals surface area contributed by atoms with Crippen molar-refractivity contribution in [3.63, 3.8) is 0 Å². The Kier molecular flexibility index (Phi) is 5.98. The molecular weight excluding hydrogens is 375 g/mol. The molecule has 0 N–H and O–H groups in total. The molecule has 0 aliphatic carbocycles. The average molecular weight is 399 g/mol. The summed E-state index contributed by atoms with van der Waals surface area (Å²) in [4.78, 5) is 4.20. The van der Waals surface area contributed by atoms with Crippen LogP contribution in [0.4, 0.5) is 11.4 Å². The van der Waals surface area contributed by atoms with Gasteiger partial charge in [0.1, 0.15) is 0 Å². The van der Waals surface area contributed by atoms with E-state index in [1.807, 2.05) is 40.3 Å². The number of benzene rings is 3. The maximum atomic E-state index is 6.30. The highest BCUT2D eigenvalue weighted by atomic mass is 35.5. The molecule has 2 nitrogen and oxygen atoms in total. The van der Waals surface area contributed by atoms with Crippen LogP contribution in [0.5, 0.6) is 0 Å². The first-order chi connectivity index (χ1) is 12.8. The molecule has 0 radical (unpaired) electrons. The standard InChI is InChI=1S/C23H24Cl2N2/c1-26(2)21-9-5-16(6-10-21)23(18-13-19(24)15-20(25)14-18)17-7-11-22(12-8-17)27(3)4/h5-15,23H,1-4H3. The highest BCUT2D eigenvalue weighted by molar-refractivity contribution is 6.34. The minimum absolute atomic E-state index is 0.0635. The minimum Gasteiger partial charge on any atom is -0.378 e. The van der Waals surface area contributed by atoms with Crippen molar-refractivity contribution in [3.05, 3.63) is 93.5 Å². The minimum atomic E-state index is 0.0635. The van der Waals surface area contributed by atoms with E-state index in [-0.39, 0.29) is 5.92 Å². The summed E-state index contributed by atoms with van der Waals surface area (Å²) >= 11 is 12.6. The predicted octanol–water partition coefficient (Wildman–Crippen LogP) is 6.31. The van der Waals surface area contributed by atoms with Gasteiger partial charge in [-0.1, -0.05) is 47.5 Å². The van der Waals surface area contributed by atoms with Crippen molar-refractivity contribution in [2.24, 2.45) is 0 Å². The Morgan fingerprint density at radius 3 is 1.26 bits per heavy atom. The molecule has 3 rings (SSSR count). The molecule has 0 heterocycles. The lowest BCUT2D eigenvalue weighted by molar-refractivity contribution is 0.973. The van der Waals surface area contributed by atoms with Crippen molar-refractivity contribution < 1.29 is 0 Å². The summed E-state index contributed by atoms with van der Waals surface area (Å²) in [7, 11) is 8.18. The predicted molar refractivity (Wildman–Crippen MR) is 119 cm³/mol. The number of hydrogen-bond acceptors (Lipinski definition) is 2. The Labute approximate surface area is 171 Å². The van der Waals surface area contributed by atoms with Gasteiger partial charge < -0.3 is 9.80 Å². The molecule has 140 valence electrons. The maximum absolute atomic E-state index is 6.30. The van der Waals surface area contributed by atoms with Crippen LogP contribution >= 0.6 is 23.2 Å². The van der Waals surface area contributed by atoms with Crippen LogP contribution in [0.2, 0.25) is 10.0 Å². The Bertz CT molecular complexity index is 829. The number of anilines is 2. The van der Waals surface area contributed by atoms with Crippen LogP contribution in [0.3, 0.4) is 0 Å².